The van der Waals surface area contributed by atoms with Crippen LogP contribution in [0.25, 0.3) is 0 Å². The van der Waals surface area contributed by atoms with E-state index in [1.807, 2.05) is 18.2 Å². The van der Waals surface area contributed by atoms with Gasteiger partial charge in [0.15, 0.2) is 0 Å². The molecule has 21 heavy (non-hydrogen) atoms. The highest BCUT2D eigenvalue weighted by Crippen LogP contribution is 2.45. The van der Waals surface area contributed by atoms with Crippen molar-refractivity contribution in [3.05, 3.63) is 33.8 Å². The van der Waals surface area contributed by atoms with Gasteiger partial charge in [0, 0.05) is 15.9 Å². The molecule has 0 amide bonds. The predicted molar refractivity (Wildman–Crippen MR) is 94.8 cm³/mol. The normalized spacial score (nSPS) is 26.0. The average molecular weight is 348 g/mol. The summed E-state index contributed by atoms with van der Waals surface area (Å²) in [6.45, 7) is 2.27. The van der Waals surface area contributed by atoms with Crippen LogP contribution in [0, 0.1) is 11.3 Å². The Morgan fingerprint density at radius 3 is 2.29 bits per heavy atom. The summed E-state index contributed by atoms with van der Waals surface area (Å²) in [6.07, 6.45) is 9.95. The molecule has 1 aliphatic rings. The fourth-order valence-electron chi connectivity index (χ4n) is 3.51. The molecule has 0 unspecified atom stereocenters. The molecule has 0 bridgehead atoms. The van der Waals surface area contributed by atoms with Gasteiger partial charge >= 0.3 is 0 Å². The van der Waals surface area contributed by atoms with E-state index in [4.69, 9.17) is 34.8 Å². The van der Waals surface area contributed by atoms with Gasteiger partial charge in [-0.25, -0.2) is 0 Å². The van der Waals surface area contributed by atoms with Gasteiger partial charge in [-0.3, -0.25) is 0 Å². The first kappa shape index (κ1) is 17.4. The SMILES string of the molecule is CCCCC1CCC(CCl)(Cc2c(Cl)cccc2Cl)CC1. The van der Waals surface area contributed by atoms with Crippen LogP contribution in [0.3, 0.4) is 0 Å². The van der Waals surface area contributed by atoms with Crippen molar-refractivity contribution in [3.63, 3.8) is 0 Å². The third-order valence-electron chi connectivity index (χ3n) is 5.03. The van der Waals surface area contributed by atoms with Crippen LogP contribution in [-0.2, 0) is 6.42 Å². The van der Waals surface area contributed by atoms with E-state index in [0.29, 0.717) is 5.88 Å². The summed E-state index contributed by atoms with van der Waals surface area (Å²) in [6, 6.07) is 5.76. The van der Waals surface area contributed by atoms with Crippen LogP contribution in [0.5, 0.6) is 0 Å². The minimum absolute atomic E-state index is 0.179. The second-order valence-corrected chi connectivity index (χ2v) is 7.68. The van der Waals surface area contributed by atoms with Crippen molar-refractivity contribution in [3.8, 4) is 0 Å². The van der Waals surface area contributed by atoms with E-state index < -0.39 is 0 Å². The number of halogens is 3. The van der Waals surface area contributed by atoms with Gasteiger partial charge in [-0.2, -0.15) is 0 Å². The number of hydrogen-bond donors (Lipinski definition) is 0. The third kappa shape index (κ3) is 4.53. The van der Waals surface area contributed by atoms with Gasteiger partial charge in [-0.1, -0.05) is 55.5 Å². The molecular formula is C18H25Cl3. The predicted octanol–water partition coefficient (Wildman–Crippen LogP) is 7.14. The molecule has 0 atom stereocenters. The molecular weight excluding hydrogens is 323 g/mol. The summed E-state index contributed by atoms with van der Waals surface area (Å²) in [4.78, 5) is 0. The van der Waals surface area contributed by atoms with Crippen LogP contribution in [0.4, 0.5) is 0 Å². The van der Waals surface area contributed by atoms with Gasteiger partial charge in [-0.05, 0) is 61.1 Å². The highest BCUT2D eigenvalue weighted by molar-refractivity contribution is 6.36. The maximum absolute atomic E-state index is 6.36. The molecule has 2 rings (SSSR count). The minimum Gasteiger partial charge on any atom is -0.126 e. The van der Waals surface area contributed by atoms with E-state index in [-0.39, 0.29) is 5.41 Å². The molecule has 3 heteroatoms. The maximum atomic E-state index is 6.36. The highest BCUT2D eigenvalue weighted by Gasteiger charge is 2.35. The van der Waals surface area contributed by atoms with E-state index >= 15 is 0 Å². The number of hydrogen-bond acceptors (Lipinski definition) is 0. The molecule has 0 N–H and O–H groups in total. The summed E-state index contributed by atoms with van der Waals surface area (Å²) in [5.41, 5.74) is 1.26. The van der Waals surface area contributed by atoms with Crippen molar-refractivity contribution in [2.24, 2.45) is 11.3 Å². The summed E-state index contributed by atoms with van der Waals surface area (Å²) in [5.74, 6) is 1.60. The molecule has 1 saturated carbocycles. The van der Waals surface area contributed by atoms with Crippen LogP contribution in [0.1, 0.15) is 57.4 Å². The van der Waals surface area contributed by atoms with Crippen molar-refractivity contribution < 1.29 is 0 Å². The third-order valence-corrected chi connectivity index (χ3v) is 6.30. The van der Waals surface area contributed by atoms with Gasteiger partial charge < -0.3 is 0 Å². The Hall–Kier alpha value is 0.0900. The zero-order valence-electron chi connectivity index (χ0n) is 12.8. The molecule has 0 aliphatic heterocycles. The number of unbranched alkanes of at least 4 members (excludes halogenated alkanes) is 1. The second-order valence-electron chi connectivity index (χ2n) is 6.60. The zero-order valence-corrected chi connectivity index (χ0v) is 15.1. The quantitative estimate of drug-likeness (QED) is 0.480. The van der Waals surface area contributed by atoms with E-state index in [9.17, 15) is 0 Å². The van der Waals surface area contributed by atoms with Crippen LogP contribution in [0.15, 0.2) is 18.2 Å². The summed E-state index contributed by atoms with van der Waals surface area (Å²) >= 11 is 19.0. The summed E-state index contributed by atoms with van der Waals surface area (Å²) in [7, 11) is 0. The summed E-state index contributed by atoms with van der Waals surface area (Å²) in [5, 5.41) is 1.56. The Bertz CT molecular complexity index is 428. The number of benzene rings is 1. The van der Waals surface area contributed by atoms with Crippen molar-refractivity contribution >= 4 is 34.8 Å². The first-order valence-corrected chi connectivity index (χ1v) is 9.38. The van der Waals surface area contributed by atoms with Gasteiger partial charge in [0.25, 0.3) is 0 Å². The van der Waals surface area contributed by atoms with E-state index in [0.717, 1.165) is 27.9 Å². The maximum Gasteiger partial charge on any atom is 0.0453 e. The average Bonchev–Trinajstić information content (AvgIpc) is 2.50. The zero-order chi connectivity index (χ0) is 15.3. The fourth-order valence-corrected chi connectivity index (χ4v) is 4.40. The first-order valence-electron chi connectivity index (χ1n) is 8.09. The second kappa shape index (κ2) is 8.09. The molecule has 0 heterocycles. The topological polar surface area (TPSA) is 0 Å². The van der Waals surface area contributed by atoms with Crippen molar-refractivity contribution in [1.82, 2.24) is 0 Å². The number of alkyl halides is 1. The van der Waals surface area contributed by atoms with Crippen molar-refractivity contribution in [2.45, 2.75) is 58.3 Å². The minimum atomic E-state index is 0.179. The molecule has 1 aromatic carbocycles. The lowest BCUT2D eigenvalue weighted by atomic mass is 9.68. The van der Waals surface area contributed by atoms with E-state index in [1.165, 1.54) is 44.9 Å². The van der Waals surface area contributed by atoms with Crippen LogP contribution in [-0.4, -0.2) is 5.88 Å². The molecule has 118 valence electrons. The highest BCUT2D eigenvalue weighted by atomic mass is 35.5. The molecule has 0 aromatic heterocycles. The van der Waals surface area contributed by atoms with Crippen LogP contribution in [0.2, 0.25) is 10.0 Å². The number of rotatable bonds is 6. The van der Waals surface area contributed by atoms with Gasteiger partial charge in [0.2, 0.25) is 0 Å². The molecule has 0 nitrogen and oxygen atoms in total. The molecule has 0 saturated heterocycles. The Morgan fingerprint density at radius 1 is 1.14 bits per heavy atom. The lowest BCUT2D eigenvalue weighted by Crippen LogP contribution is -2.31. The molecule has 1 fully saturated rings. The van der Waals surface area contributed by atoms with Crippen LogP contribution >= 0.6 is 34.8 Å². The fraction of sp³-hybridized carbons (Fsp3) is 0.667. The Morgan fingerprint density at radius 2 is 1.76 bits per heavy atom. The van der Waals surface area contributed by atoms with Gasteiger partial charge in [0.05, 0.1) is 0 Å². The Kier molecular flexibility index (Phi) is 6.72. The van der Waals surface area contributed by atoms with Gasteiger partial charge in [-0.15, -0.1) is 11.6 Å². The largest absolute Gasteiger partial charge is 0.126 e. The first-order chi connectivity index (χ1) is 10.1. The van der Waals surface area contributed by atoms with Crippen LogP contribution < -0.4 is 0 Å². The lowest BCUT2D eigenvalue weighted by molar-refractivity contribution is 0.166. The van der Waals surface area contributed by atoms with E-state index in [2.05, 4.69) is 6.92 Å². The van der Waals surface area contributed by atoms with Crippen molar-refractivity contribution in [2.75, 3.05) is 5.88 Å². The lowest BCUT2D eigenvalue weighted by Gasteiger charge is -2.39. The standard InChI is InChI=1S/C18H25Cl3/c1-2-3-5-14-8-10-18(13-19,11-9-14)12-15-16(20)6-4-7-17(15)21/h4,6-7,14H,2-3,5,8-13H2,1H3. The summed E-state index contributed by atoms with van der Waals surface area (Å²) < 4.78 is 0. The molecule has 1 aromatic rings. The van der Waals surface area contributed by atoms with Crippen molar-refractivity contribution in [1.29, 1.82) is 0 Å². The molecule has 1 aliphatic carbocycles. The Balaban J connectivity index is 2.03. The smallest absolute Gasteiger partial charge is 0.0453 e. The molecule has 0 radical (unpaired) electrons. The van der Waals surface area contributed by atoms with Gasteiger partial charge in [0.1, 0.15) is 0 Å². The molecule has 0 spiro atoms. The monoisotopic (exact) mass is 346 g/mol. The van der Waals surface area contributed by atoms with E-state index in [1.54, 1.807) is 0 Å². The Labute approximate surface area is 144 Å².